The first-order valence-electron chi connectivity index (χ1n) is 2.70. The average Bonchev–Trinajstić information content (AvgIpc) is 1.90. The molecule has 5 heteroatoms. The average molecular weight is 151 g/mol. The first kappa shape index (κ1) is 6.85. The molecule has 0 spiro atoms. The fourth-order valence-corrected chi connectivity index (χ4v) is 1.59. The Labute approximate surface area is 55.9 Å². The van der Waals surface area contributed by atoms with E-state index in [1.54, 1.807) is 0 Å². The van der Waals surface area contributed by atoms with Crippen molar-refractivity contribution in [3.63, 3.8) is 0 Å². The van der Waals surface area contributed by atoms with Crippen LogP contribution in [0.2, 0.25) is 0 Å². The molecule has 0 saturated carbocycles. The van der Waals surface area contributed by atoms with Gasteiger partial charge in [-0.15, -0.1) is 0 Å². The smallest absolute Gasteiger partial charge is 0.380 e. The minimum atomic E-state index is -1.36. The molecule has 4 nitrogen and oxygen atoms in total. The number of carbonyl (C=O) groups is 1. The molecule has 0 aromatic heterocycles. The predicted molar refractivity (Wildman–Crippen MR) is 35.6 cm³/mol. The summed E-state index contributed by atoms with van der Waals surface area (Å²) in [6.07, 6.45) is 0.909. The van der Waals surface area contributed by atoms with E-state index in [-0.39, 0.29) is 0 Å². The van der Waals surface area contributed by atoms with Crippen molar-refractivity contribution < 1.29 is 14.1 Å². The molecule has 1 atom stereocenters. The Bertz CT molecular complexity index is 112. The van der Waals surface area contributed by atoms with E-state index in [0.717, 1.165) is 13.0 Å². The van der Waals surface area contributed by atoms with Crippen LogP contribution in [-0.2, 0) is 4.18 Å². The number of nitrogens with one attached hydrogen (secondary N) is 1. The minimum Gasteiger partial charge on any atom is -0.472 e. The molecule has 9 heavy (non-hydrogen) atoms. The first-order valence-corrected chi connectivity index (χ1v) is 3.96. The van der Waals surface area contributed by atoms with E-state index < -0.39 is 16.7 Å². The van der Waals surface area contributed by atoms with E-state index in [1.165, 1.54) is 0 Å². The maximum atomic E-state index is 10.2. The highest BCUT2D eigenvalue weighted by Crippen LogP contribution is 2.24. The van der Waals surface area contributed by atoms with Crippen molar-refractivity contribution in [2.24, 2.45) is 0 Å². The SMILES string of the molecule is O=C(O)[SH]1NCCCO1. The quantitative estimate of drug-likeness (QED) is 0.441. The normalized spacial score (nSPS) is 31.8. The van der Waals surface area contributed by atoms with Gasteiger partial charge in [-0.3, -0.25) is 4.72 Å². The van der Waals surface area contributed by atoms with Gasteiger partial charge in [0.25, 0.3) is 0 Å². The number of hydrogen-bond acceptors (Lipinski definition) is 3. The second-order valence-corrected chi connectivity index (χ2v) is 3.22. The second kappa shape index (κ2) is 3.05. The largest absolute Gasteiger partial charge is 0.472 e. The van der Waals surface area contributed by atoms with Crippen molar-refractivity contribution in [1.82, 2.24) is 4.72 Å². The summed E-state index contributed by atoms with van der Waals surface area (Å²) < 4.78 is 7.66. The molecule has 1 heterocycles. The van der Waals surface area contributed by atoms with Crippen molar-refractivity contribution in [2.45, 2.75) is 6.42 Å². The molecule has 1 aliphatic rings. The lowest BCUT2D eigenvalue weighted by atomic mass is 10.5. The maximum absolute atomic E-state index is 10.2. The number of hydrogen-bond donors (Lipinski definition) is 3. The van der Waals surface area contributed by atoms with Gasteiger partial charge in [0.15, 0.2) is 0 Å². The summed E-state index contributed by atoms with van der Waals surface area (Å²) in [5, 5.41) is 7.51. The lowest BCUT2D eigenvalue weighted by molar-refractivity contribution is 0.215. The zero-order chi connectivity index (χ0) is 6.69. The van der Waals surface area contributed by atoms with Crippen molar-refractivity contribution in [3.8, 4) is 0 Å². The molecule has 0 aromatic carbocycles. The number of rotatable bonds is 0. The zero-order valence-electron chi connectivity index (χ0n) is 4.83. The second-order valence-electron chi connectivity index (χ2n) is 1.67. The third-order valence-corrected chi connectivity index (χ3v) is 2.27. The van der Waals surface area contributed by atoms with Gasteiger partial charge in [-0.05, 0) is 6.42 Å². The van der Waals surface area contributed by atoms with Gasteiger partial charge in [-0.1, -0.05) is 0 Å². The summed E-state index contributed by atoms with van der Waals surface area (Å²) in [6, 6.07) is 0. The van der Waals surface area contributed by atoms with Crippen molar-refractivity contribution >= 4 is 16.7 Å². The summed E-state index contributed by atoms with van der Waals surface area (Å²) in [7, 11) is 0. The Morgan fingerprint density at radius 3 is 2.89 bits per heavy atom. The number of thiol groups is 1. The van der Waals surface area contributed by atoms with E-state index in [9.17, 15) is 4.79 Å². The van der Waals surface area contributed by atoms with Crippen molar-refractivity contribution in [3.05, 3.63) is 0 Å². The fraction of sp³-hybridized carbons (Fsp3) is 0.750. The van der Waals surface area contributed by atoms with Crippen LogP contribution in [0.4, 0.5) is 4.79 Å². The van der Waals surface area contributed by atoms with Crippen molar-refractivity contribution in [1.29, 1.82) is 0 Å². The van der Waals surface area contributed by atoms with Crippen LogP contribution in [0.1, 0.15) is 6.42 Å². The molecule has 1 rings (SSSR count). The van der Waals surface area contributed by atoms with Gasteiger partial charge in [0.05, 0.1) is 6.61 Å². The Hall–Kier alpha value is -0.260. The van der Waals surface area contributed by atoms with E-state index in [4.69, 9.17) is 9.29 Å². The molecule has 2 N–H and O–H groups in total. The van der Waals surface area contributed by atoms with Gasteiger partial charge in [0.1, 0.15) is 0 Å². The molecule has 1 unspecified atom stereocenters. The Morgan fingerprint density at radius 2 is 2.56 bits per heavy atom. The van der Waals surface area contributed by atoms with E-state index in [1.807, 2.05) is 0 Å². The van der Waals surface area contributed by atoms with Crippen LogP contribution in [0.25, 0.3) is 0 Å². The molecule has 1 saturated heterocycles. The van der Waals surface area contributed by atoms with Gasteiger partial charge in [-0.25, -0.2) is 4.79 Å². The van der Waals surface area contributed by atoms with Gasteiger partial charge < -0.3 is 9.29 Å². The van der Waals surface area contributed by atoms with E-state index >= 15 is 0 Å². The molecule has 0 aliphatic carbocycles. The highest BCUT2D eigenvalue weighted by atomic mass is 32.2. The highest BCUT2D eigenvalue weighted by molar-refractivity contribution is 8.24. The fourth-order valence-electron chi connectivity index (χ4n) is 0.577. The third-order valence-electron chi connectivity index (χ3n) is 0.971. The van der Waals surface area contributed by atoms with Gasteiger partial charge in [0.2, 0.25) is 0 Å². The van der Waals surface area contributed by atoms with E-state index in [2.05, 4.69) is 4.72 Å². The third kappa shape index (κ3) is 1.85. The molecule has 1 aliphatic heterocycles. The van der Waals surface area contributed by atoms with E-state index in [0.29, 0.717) is 6.61 Å². The molecule has 54 valence electrons. The molecule has 0 bridgehead atoms. The molecule has 0 aromatic rings. The maximum Gasteiger partial charge on any atom is 0.380 e. The summed E-state index contributed by atoms with van der Waals surface area (Å²) in [6.45, 7) is 1.34. The van der Waals surface area contributed by atoms with Crippen LogP contribution >= 0.6 is 11.4 Å². The lowest BCUT2D eigenvalue weighted by Gasteiger charge is -2.22. The molecular formula is C4H9NO3S. The van der Waals surface area contributed by atoms with Crippen LogP contribution in [-0.4, -0.2) is 23.6 Å². The summed E-state index contributed by atoms with van der Waals surface area (Å²) in [5.74, 6) is 0. The highest BCUT2D eigenvalue weighted by Gasteiger charge is 2.14. The van der Waals surface area contributed by atoms with Crippen LogP contribution in [0.5, 0.6) is 0 Å². The standard InChI is InChI=1S/C4H9NO3S/c6-4(7)9-5-2-1-3-8-9/h5,9H,1-3H2,(H,6,7). The van der Waals surface area contributed by atoms with Gasteiger partial charge in [-0.2, -0.15) is 0 Å². The van der Waals surface area contributed by atoms with Crippen LogP contribution < -0.4 is 4.72 Å². The monoisotopic (exact) mass is 151 g/mol. The topological polar surface area (TPSA) is 58.6 Å². The molecule has 0 radical (unpaired) electrons. The van der Waals surface area contributed by atoms with Crippen LogP contribution in [0.15, 0.2) is 0 Å². The molecule has 0 amide bonds. The van der Waals surface area contributed by atoms with Crippen molar-refractivity contribution in [2.75, 3.05) is 13.2 Å². The van der Waals surface area contributed by atoms with Gasteiger partial charge >= 0.3 is 5.30 Å². The van der Waals surface area contributed by atoms with Gasteiger partial charge in [0, 0.05) is 17.9 Å². The summed E-state index contributed by atoms with van der Waals surface area (Å²) in [5.41, 5.74) is 0. The Morgan fingerprint density at radius 1 is 1.78 bits per heavy atom. The molecular weight excluding hydrogens is 142 g/mol. The lowest BCUT2D eigenvalue weighted by Crippen LogP contribution is -2.24. The Balaban J connectivity index is 2.31. The number of carboxylic acid groups (broad SMARTS) is 1. The first-order chi connectivity index (χ1) is 4.30. The Kier molecular flexibility index (Phi) is 2.32. The predicted octanol–water partition coefficient (Wildman–Crippen LogP) is 0.506. The zero-order valence-corrected chi connectivity index (χ0v) is 5.73. The van der Waals surface area contributed by atoms with Crippen LogP contribution in [0, 0.1) is 0 Å². The summed E-state index contributed by atoms with van der Waals surface area (Å²) >= 11 is -1.36. The minimum absolute atomic E-state index is 0.574. The summed E-state index contributed by atoms with van der Waals surface area (Å²) in [4.78, 5) is 10.2. The molecule has 1 fully saturated rings. The van der Waals surface area contributed by atoms with Crippen LogP contribution in [0.3, 0.4) is 0 Å².